The molecule has 1 fully saturated rings. The third-order valence-electron chi connectivity index (χ3n) is 5.86. The van der Waals surface area contributed by atoms with E-state index in [-0.39, 0.29) is 17.0 Å². The fraction of sp³-hybridized carbons (Fsp3) is 0.292. The average Bonchev–Trinajstić information content (AvgIpc) is 2.77. The van der Waals surface area contributed by atoms with E-state index in [1.54, 1.807) is 13.0 Å². The molecule has 0 amide bonds. The Morgan fingerprint density at radius 3 is 2.72 bits per heavy atom. The number of anilines is 1. The van der Waals surface area contributed by atoms with E-state index in [9.17, 15) is 10.1 Å². The van der Waals surface area contributed by atoms with Crippen molar-refractivity contribution in [3.8, 4) is 11.8 Å². The smallest absolute Gasteiger partial charge is 0.343 e. The zero-order valence-corrected chi connectivity index (χ0v) is 17.8. The summed E-state index contributed by atoms with van der Waals surface area (Å²) in [4.78, 5) is 20.0. The molecule has 8 heteroatoms. The predicted molar refractivity (Wildman–Crippen MR) is 119 cm³/mol. The van der Waals surface area contributed by atoms with Gasteiger partial charge < -0.3 is 24.5 Å². The SMILES string of the molecule is Cc1ccc2nc(N3CCOCC3)c(C3C(C#N)=C(N)Oc4cc(C)oc(=O)c43)cc2c1. The molecule has 1 unspecified atom stereocenters. The number of nitriles is 1. The number of fused-ring (bicyclic) bond motifs is 2. The number of hydrogen-bond acceptors (Lipinski definition) is 8. The van der Waals surface area contributed by atoms with E-state index in [1.165, 1.54) is 0 Å². The summed E-state index contributed by atoms with van der Waals surface area (Å²) in [6.07, 6.45) is 0. The normalized spacial score (nSPS) is 18.3. The lowest BCUT2D eigenvalue weighted by atomic mass is 9.83. The zero-order chi connectivity index (χ0) is 22.4. The van der Waals surface area contributed by atoms with Crippen LogP contribution in [0.1, 0.15) is 28.4 Å². The number of hydrogen-bond donors (Lipinski definition) is 1. The van der Waals surface area contributed by atoms with Crippen molar-refractivity contribution < 1.29 is 13.9 Å². The van der Waals surface area contributed by atoms with Gasteiger partial charge in [-0.3, -0.25) is 0 Å². The van der Waals surface area contributed by atoms with Gasteiger partial charge in [0.2, 0.25) is 5.88 Å². The topological polar surface area (TPSA) is 115 Å². The third kappa shape index (κ3) is 3.27. The Morgan fingerprint density at radius 1 is 1.19 bits per heavy atom. The van der Waals surface area contributed by atoms with Gasteiger partial charge in [0.1, 0.15) is 29.0 Å². The van der Waals surface area contributed by atoms with Gasteiger partial charge >= 0.3 is 5.63 Å². The third-order valence-corrected chi connectivity index (χ3v) is 5.86. The number of morpholine rings is 1. The standard InChI is InChI=1S/C24H22N4O4/c1-13-3-4-18-15(9-13)11-16(23(27-18)28-5-7-30-8-6-28)20-17(12-25)22(26)32-19-10-14(2)31-24(29)21(19)20/h3-4,9-11,20H,5-8,26H2,1-2H3. The lowest BCUT2D eigenvalue weighted by molar-refractivity contribution is 0.122. The summed E-state index contributed by atoms with van der Waals surface area (Å²) in [5.74, 6) is 0.630. The quantitative estimate of drug-likeness (QED) is 0.660. The van der Waals surface area contributed by atoms with E-state index < -0.39 is 11.5 Å². The Bertz CT molecular complexity index is 1360. The molecule has 2 aliphatic heterocycles. The van der Waals surface area contributed by atoms with E-state index in [0.29, 0.717) is 49.2 Å². The van der Waals surface area contributed by atoms with Gasteiger partial charge in [0, 0.05) is 30.1 Å². The summed E-state index contributed by atoms with van der Waals surface area (Å²) < 4.78 is 16.6. The van der Waals surface area contributed by atoms with Gasteiger partial charge in [0.25, 0.3) is 0 Å². The summed E-state index contributed by atoms with van der Waals surface area (Å²) in [6.45, 7) is 6.12. The highest BCUT2D eigenvalue weighted by Crippen LogP contribution is 2.44. The minimum absolute atomic E-state index is 0.0210. The zero-order valence-electron chi connectivity index (χ0n) is 17.8. The number of nitrogens with two attached hydrogens (primary N) is 1. The van der Waals surface area contributed by atoms with Crippen LogP contribution in [0.4, 0.5) is 5.82 Å². The van der Waals surface area contributed by atoms with E-state index in [4.69, 9.17) is 24.6 Å². The van der Waals surface area contributed by atoms with Gasteiger partial charge in [-0.05, 0) is 32.0 Å². The molecule has 8 nitrogen and oxygen atoms in total. The molecule has 4 heterocycles. The number of aryl methyl sites for hydroxylation is 2. The van der Waals surface area contributed by atoms with Crippen molar-refractivity contribution in [3.63, 3.8) is 0 Å². The Hall–Kier alpha value is -3.83. The number of allylic oxidation sites excluding steroid dienone is 1. The lowest BCUT2D eigenvalue weighted by Crippen LogP contribution is -2.38. The maximum absolute atomic E-state index is 13.0. The van der Waals surface area contributed by atoms with Crippen LogP contribution in [0, 0.1) is 25.2 Å². The number of benzene rings is 1. The summed E-state index contributed by atoms with van der Waals surface area (Å²) in [5.41, 5.74) is 8.64. The molecule has 2 aliphatic rings. The molecule has 3 aromatic rings. The van der Waals surface area contributed by atoms with Crippen molar-refractivity contribution in [2.45, 2.75) is 19.8 Å². The maximum Gasteiger partial charge on any atom is 0.343 e. The van der Waals surface area contributed by atoms with Crippen LogP contribution in [0.3, 0.4) is 0 Å². The lowest BCUT2D eigenvalue weighted by Gasteiger charge is -2.33. The number of ether oxygens (including phenoxy) is 2. The molecule has 5 rings (SSSR count). The number of rotatable bonds is 2. The second-order valence-corrected chi connectivity index (χ2v) is 8.04. The first-order valence-electron chi connectivity index (χ1n) is 10.4. The van der Waals surface area contributed by atoms with Gasteiger partial charge in [-0.15, -0.1) is 0 Å². The molecule has 0 aliphatic carbocycles. The Kier molecular flexibility index (Phi) is 4.83. The van der Waals surface area contributed by atoms with Crippen molar-refractivity contribution in [3.05, 3.63) is 74.7 Å². The fourth-order valence-corrected chi connectivity index (χ4v) is 4.37. The van der Waals surface area contributed by atoms with Gasteiger partial charge in [0.05, 0.1) is 30.2 Å². The molecule has 0 saturated carbocycles. The second-order valence-electron chi connectivity index (χ2n) is 8.04. The van der Waals surface area contributed by atoms with E-state index in [1.807, 2.05) is 31.2 Å². The Labute approximate surface area is 184 Å². The van der Waals surface area contributed by atoms with Crippen LogP contribution in [0.15, 0.2) is 51.0 Å². The van der Waals surface area contributed by atoms with Crippen LogP contribution in [0.25, 0.3) is 10.9 Å². The van der Waals surface area contributed by atoms with Crippen molar-refractivity contribution >= 4 is 16.7 Å². The number of nitrogens with zero attached hydrogens (tertiary/aromatic N) is 3. The molecule has 162 valence electrons. The highest BCUT2D eigenvalue weighted by atomic mass is 16.5. The minimum atomic E-state index is -0.754. The summed E-state index contributed by atoms with van der Waals surface area (Å²) >= 11 is 0. The van der Waals surface area contributed by atoms with Gasteiger partial charge in [-0.1, -0.05) is 11.6 Å². The minimum Gasteiger partial charge on any atom is -0.440 e. The first-order chi connectivity index (χ1) is 15.5. The largest absolute Gasteiger partial charge is 0.440 e. The van der Waals surface area contributed by atoms with E-state index in [2.05, 4.69) is 11.0 Å². The molecule has 0 radical (unpaired) electrons. The van der Waals surface area contributed by atoms with Crippen LogP contribution in [0.5, 0.6) is 5.75 Å². The number of aromatic nitrogens is 1. The second kappa shape index (κ2) is 7.70. The molecular formula is C24H22N4O4. The van der Waals surface area contributed by atoms with Crippen LogP contribution in [0.2, 0.25) is 0 Å². The molecule has 0 bridgehead atoms. The van der Waals surface area contributed by atoms with E-state index >= 15 is 0 Å². The number of pyridine rings is 1. The fourth-order valence-electron chi connectivity index (χ4n) is 4.37. The molecule has 0 spiro atoms. The molecule has 1 atom stereocenters. The molecule has 2 aromatic heterocycles. The average molecular weight is 430 g/mol. The molecule has 2 N–H and O–H groups in total. The van der Waals surface area contributed by atoms with Crippen LogP contribution in [-0.2, 0) is 4.74 Å². The van der Waals surface area contributed by atoms with Crippen LogP contribution < -0.4 is 21.0 Å². The van der Waals surface area contributed by atoms with Gasteiger partial charge in [-0.25, -0.2) is 9.78 Å². The summed E-state index contributed by atoms with van der Waals surface area (Å²) in [7, 11) is 0. The van der Waals surface area contributed by atoms with E-state index in [0.717, 1.165) is 16.5 Å². The highest BCUT2D eigenvalue weighted by molar-refractivity contribution is 5.84. The summed E-state index contributed by atoms with van der Waals surface area (Å²) in [6, 6.07) is 11.8. The highest BCUT2D eigenvalue weighted by Gasteiger charge is 2.37. The van der Waals surface area contributed by atoms with Crippen molar-refractivity contribution in [2.24, 2.45) is 5.73 Å². The van der Waals surface area contributed by atoms with Crippen molar-refractivity contribution in [1.82, 2.24) is 4.98 Å². The van der Waals surface area contributed by atoms with Crippen molar-refractivity contribution in [1.29, 1.82) is 5.26 Å². The first kappa shape index (κ1) is 20.1. The Morgan fingerprint density at radius 2 is 1.97 bits per heavy atom. The molecule has 1 aromatic carbocycles. The van der Waals surface area contributed by atoms with Crippen molar-refractivity contribution in [2.75, 3.05) is 31.2 Å². The van der Waals surface area contributed by atoms with Gasteiger partial charge in [0.15, 0.2) is 0 Å². The molecular weight excluding hydrogens is 408 g/mol. The molecule has 1 saturated heterocycles. The predicted octanol–water partition coefficient (Wildman–Crippen LogP) is 2.86. The van der Waals surface area contributed by atoms with Crippen LogP contribution >= 0.6 is 0 Å². The first-order valence-corrected chi connectivity index (χ1v) is 10.4. The summed E-state index contributed by atoms with van der Waals surface area (Å²) in [5, 5.41) is 10.9. The maximum atomic E-state index is 13.0. The molecule has 32 heavy (non-hydrogen) atoms. The van der Waals surface area contributed by atoms with Gasteiger partial charge in [-0.2, -0.15) is 5.26 Å². The van der Waals surface area contributed by atoms with Crippen LogP contribution in [-0.4, -0.2) is 31.3 Å². The monoisotopic (exact) mass is 430 g/mol. The Balaban J connectivity index is 1.83.